The summed E-state index contributed by atoms with van der Waals surface area (Å²) in [5.74, 6) is 0. The molecule has 4 heteroatoms. The Hall–Kier alpha value is -1.68. The van der Waals surface area contributed by atoms with E-state index in [1.807, 2.05) is 29.6 Å². The SMILES string of the molecule is Cc1cccc(-c2ccc3nc(C)c(Br)n3n2)c1. The number of aromatic nitrogens is 3. The quantitative estimate of drug-likeness (QED) is 0.685. The first-order valence-corrected chi connectivity index (χ1v) is 6.53. The van der Waals surface area contributed by atoms with E-state index in [1.165, 1.54) is 5.56 Å². The molecular weight excluding hydrogens is 290 g/mol. The van der Waals surface area contributed by atoms with E-state index < -0.39 is 0 Å². The molecule has 0 atom stereocenters. The molecule has 0 saturated carbocycles. The van der Waals surface area contributed by atoms with Crippen LogP contribution in [0.4, 0.5) is 0 Å². The van der Waals surface area contributed by atoms with E-state index in [0.717, 1.165) is 27.2 Å². The van der Waals surface area contributed by atoms with Gasteiger partial charge in [-0.3, -0.25) is 0 Å². The van der Waals surface area contributed by atoms with Crippen LogP contribution in [-0.2, 0) is 0 Å². The summed E-state index contributed by atoms with van der Waals surface area (Å²) >= 11 is 3.51. The standard InChI is InChI=1S/C14H12BrN3/c1-9-4-3-5-11(8-9)12-6-7-13-16-10(2)14(15)18(13)17-12/h3-8H,1-2H3. The van der Waals surface area contributed by atoms with Gasteiger partial charge in [-0.1, -0.05) is 23.8 Å². The molecule has 90 valence electrons. The molecule has 0 fully saturated rings. The Morgan fingerprint density at radius 3 is 2.72 bits per heavy atom. The first-order chi connectivity index (χ1) is 8.65. The lowest BCUT2D eigenvalue weighted by molar-refractivity contribution is 0.919. The zero-order chi connectivity index (χ0) is 12.7. The fourth-order valence-electron chi connectivity index (χ4n) is 1.98. The van der Waals surface area contributed by atoms with Gasteiger partial charge in [-0.15, -0.1) is 0 Å². The second kappa shape index (κ2) is 4.21. The van der Waals surface area contributed by atoms with Crippen molar-refractivity contribution in [2.75, 3.05) is 0 Å². The van der Waals surface area contributed by atoms with Gasteiger partial charge < -0.3 is 0 Å². The lowest BCUT2D eigenvalue weighted by Gasteiger charge is -2.03. The first kappa shape index (κ1) is 11.4. The van der Waals surface area contributed by atoms with E-state index in [0.29, 0.717) is 0 Å². The van der Waals surface area contributed by atoms with Crippen LogP contribution in [-0.4, -0.2) is 14.6 Å². The number of nitrogens with zero attached hydrogens (tertiary/aromatic N) is 3. The second-order valence-electron chi connectivity index (χ2n) is 4.35. The largest absolute Gasteiger partial charge is 0.231 e. The molecule has 2 heterocycles. The van der Waals surface area contributed by atoms with E-state index in [9.17, 15) is 0 Å². The van der Waals surface area contributed by atoms with Gasteiger partial charge in [-0.2, -0.15) is 5.10 Å². The Morgan fingerprint density at radius 1 is 1.11 bits per heavy atom. The third kappa shape index (κ3) is 1.82. The van der Waals surface area contributed by atoms with Crippen molar-refractivity contribution in [2.45, 2.75) is 13.8 Å². The van der Waals surface area contributed by atoms with Crippen molar-refractivity contribution in [3.8, 4) is 11.3 Å². The molecule has 3 aromatic rings. The molecule has 18 heavy (non-hydrogen) atoms. The molecule has 0 bridgehead atoms. The summed E-state index contributed by atoms with van der Waals surface area (Å²) in [6, 6.07) is 12.3. The third-order valence-corrected chi connectivity index (χ3v) is 3.81. The lowest BCUT2D eigenvalue weighted by Crippen LogP contribution is -1.94. The topological polar surface area (TPSA) is 30.2 Å². The van der Waals surface area contributed by atoms with E-state index in [4.69, 9.17) is 0 Å². The van der Waals surface area contributed by atoms with Gasteiger partial charge in [0.25, 0.3) is 0 Å². The maximum Gasteiger partial charge on any atom is 0.155 e. The summed E-state index contributed by atoms with van der Waals surface area (Å²) in [7, 11) is 0. The number of hydrogen-bond donors (Lipinski definition) is 0. The molecule has 3 rings (SSSR count). The highest BCUT2D eigenvalue weighted by molar-refractivity contribution is 9.10. The average molecular weight is 302 g/mol. The zero-order valence-corrected chi connectivity index (χ0v) is 11.8. The van der Waals surface area contributed by atoms with Gasteiger partial charge in [-0.05, 0) is 48.0 Å². The maximum absolute atomic E-state index is 4.61. The minimum Gasteiger partial charge on any atom is -0.231 e. The van der Waals surface area contributed by atoms with Crippen molar-refractivity contribution in [3.05, 3.63) is 52.3 Å². The molecule has 1 aromatic carbocycles. The minimum atomic E-state index is 0.857. The first-order valence-electron chi connectivity index (χ1n) is 5.74. The summed E-state index contributed by atoms with van der Waals surface area (Å²) in [6.07, 6.45) is 0. The number of halogens is 1. The van der Waals surface area contributed by atoms with Gasteiger partial charge in [0.2, 0.25) is 0 Å². The number of fused-ring (bicyclic) bond motifs is 1. The van der Waals surface area contributed by atoms with Gasteiger partial charge in [0.15, 0.2) is 5.65 Å². The number of rotatable bonds is 1. The van der Waals surface area contributed by atoms with Crippen LogP contribution in [0.15, 0.2) is 41.0 Å². The fraction of sp³-hybridized carbons (Fsp3) is 0.143. The molecule has 0 unspecified atom stereocenters. The highest BCUT2D eigenvalue weighted by atomic mass is 79.9. The minimum absolute atomic E-state index is 0.857. The molecule has 0 aliphatic carbocycles. The molecule has 0 aliphatic rings. The van der Waals surface area contributed by atoms with Crippen LogP contribution < -0.4 is 0 Å². The van der Waals surface area contributed by atoms with Gasteiger partial charge in [0.1, 0.15) is 4.60 Å². The van der Waals surface area contributed by atoms with Crippen LogP contribution in [0.3, 0.4) is 0 Å². The molecule has 0 spiro atoms. The average Bonchev–Trinajstić information content (AvgIpc) is 2.65. The van der Waals surface area contributed by atoms with E-state index in [1.54, 1.807) is 0 Å². The molecule has 0 aliphatic heterocycles. The van der Waals surface area contributed by atoms with Crippen LogP contribution >= 0.6 is 15.9 Å². The third-order valence-electron chi connectivity index (χ3n) is 2.90. The summed E-state index contributed by atoms with van der Waals surface area (Å²) in [5.41, 5.74) is 5.11. The van der Waals surface area contributed by atoms with Gasteiger partial charge in [0.05, 0.1) is 11.4 Å². The molecule has 0 radical (unpaired) electrons. The highest BCUT2D eigenvalue weighted by Gasteiger charge is 2.08. The van der Waals surface area contributed by atoms with Crippen molar-refractivity contribution in [2.24, 2.45) is 0 Å². The van der Waals surface area contributed by atoms with Crippen molar-refractivity contribution >= 4 is 21.6 Å². The Morgan fingerprint density at radius 2 is 1.94 bits per heavy atom. The summed E-state index contributed by atoms with van der Waals surface area (Å²) in [6.45, 7) is 4.05. The maximum atomic E-state index is 4.61. The number of benzene rings is 1. The predicted molar refractivity (Wildman–Crippen MR) is 75.6 cm³/mol. The summed E-state index contributed by atoms with van der Waals surface area (Å²) < 4.78 is 2.74. The molecule has 0 amide bonds. The lowest BCUT2D eigenvalue weighted by atomic mass is 10.1. The smallest absolute Gasteiger partial charge is 0.155 e. The summed E-state index contributed by atoms with van der Waals surface area (Å²) in [4.78, 5) is 4.42. The number of imidazole rings is 1. The molecule has 0 saturated heterocycles. The Labute approximate surface area is 114 Å². The monoisotopic (exact) mass is 301 g/mol. The van der Waals surface area contributed by atoms with Crippen molar-refractivity contribution < 1.29 is 0 Å². The van der Waals surface area contributed by atoms with Crippen LogP contribution in [0.5, 0.6) is 0 Å². The van der Waals surface area contributed by atoms with Crippen molar-refractivity contribution in [1.29, 1.82) is 0 Å². The van der Waals surface area contributed by atoms with E-state index in [2.05, 4.69) is 51.1 Å². The Bertz CT molecular complexity index is 731. The van der Waals surface area contributed by atoms with Crippen LogP contribution in [0.2, 0.25) is 0 Å². The Kier molecular flexibility index (Phi) is 2.67. The van der Waals surface area contributed by atoms with Gasteiger partial charge >= 0.3 is 0 Å². The van der Waals surface area contributed by atoms with Crippen LogP contribution in [0, 0.1) is 13.8 Å². The second-order valence-corrected chi connectivity index (χ2v) is 5.10. The Balaban J connectivity index is 2.21. The number of aryl methyl sites for hydroxylation is 2. The fourth-order valence-corrected chi connectivity index (χ4v) is 2.32. The van der Waals surface area contributed by atoms with Crippen LogP contribution in [0.25, 0.3) is 16.9 Å². The predicted octanol–water partition coefficient (Wildman–Crippen LogP) is 3.78. The number of hydrogen-bond acceptors (Lipinski definition) is 2. The van der Waals surface area contributed by atoms with Crippen molar-refractivity contribution in [1.82, 2.24) is 14.6 Å². The van der Waals surface area contributed by atoms with Crippen molar-refractivity contribution in [3.63, 3.8) is 0 Å². The molecule has 2 aromatic heterocycles. The van der Waals surface area contributed by atoms with E-state index >= 15 is 0 Å². The molecular formula is C14H12BrN3. The van der Waals surface area contributed by atoms with Gasteiger partial charge in [0, 0.05) is 5.56 Å². The summed E-state index contributed by atoms with van der Waals surface area (Å²) in [5, 5.41) is 4.61. The van der Waals surface area contributed by atoms with Gasteiger partial charge in [-0.25, -0.2) is 9.50 Å². The zero-order valence-electron chi connectivity index (χ0n) is 10.2. The molecule has 0 N–H and O–H groups in total. The normalized spacial score (nSPS) is 11.1. The van der Waals surface area contributed by atoms with Crippen LogP contribution in [0.1, 0.15) is 11.3 Å². The molecule has 3 nitrogen and oxygen atoms in total. The van der Waals surface area contributed by atoms with E-state index in [-0.39, 0.29) is 0 Å². The highest BCUT2D eigenvalue weighted by Crippen LogP contribution is 2.22.